The molecule has 0 unspecified atom stereocenters. The molecule has 0 atom stereocenters. The van der Waals surface area contributed by atoms with Gasteiger partial charge in [-0.3, -0.25) is 4.98 Å². The lowest BCUT2D eigenvalue weighted by Crippen LogP contribution is -2.10. The predicted octanol–water partition coefficient (Wildman–Crippen LogP) is -0.257. The van der Waals surface area contributed by atoms with Crippen molar-refractivity contribution >= 4 is 11.5 Å². The standard InChI is InChI=1S/C9H11N9/c1-2-17-6-12-13-8(17)5-11-7-3-10-4-9-14-15-16-18(7)9/h3-4,6,11H,2,5H2,1H3. The summed E-state index contributed by atoms with van der Waals surface area (Å²) in [5.41, 5.74) is 0.594. The van der Waals surface area contributed by atoms with Gasteiger partial charge in [0.05, 0.1) is 18.9 Å². The number of rotatable bonds is 4. The summed E-state index contributed by atoms with van der Waals surface area (Å²) >= 11 is 0. The zero-order valence-corrected chi connectivity index (χ0v) is 9.72. The van der Waals surface area contributed by atoms with E-state index in [1.165, 1.54) is 0 Å². The van der Waals surface area contributed by atoms with Crippen LogP contribution in [0.15, 0.2) is 18.7 Å². The molecule has 92 valence electrons. The maximum Gasteiger partial charge on any atom is 0.199 e. The highest BCUT2D eigenvalue weighted by molar-refractivity contribution is 5.43. The van der Waals surface area contributed by atoms with Crippen molar-refractivity contribution in [2.75, 3.05) is 5.32 Å². The summed E-state index contributed by atoms with van der Waals surface area (Å²) in [6.45, 7) is 3.41. The number of hydrogen-bond donors (Lipinski definition) is 1. The van der Waals surface area contributed by atoms with Crippen molar-refractivity contribution < 1.29 is 0 Å². The lowest BCUT2D eigenvalue weighted by atomic mass is 10.5. The summed E-state index contributed by atoms with van der Waals surface area (Å²) in [6.07, 6.45) is 4.96. The van der Waals surface area contributed by atoms with E-state index in [1.807, 2.05) is 11.5 Å². The van der Waals surface area contributed by atoms with E-state index in [2.05, 4.69) is 36.0 Å². The predicted molar refractivity (Wildman–Crippen MR) is 61.6 cm³/mol. The molecular formula is C9H11N9. The summed E-state index contributed by atoms with van der Waals surface area (Å²) in [6, 6.07) is 0. The second-order valence-corrected chi connectivity index (χ2v) is 3.63. The van der Waals surface area contributed by atoms with Gasteiger partial charge in [0.1, 0.15) is 6.33 Å². The first-order chi connectivity index (χ1) is 8.88. The summed E-state index contributed by atoms with van der Waals surface area (Å²) in [4.78, 5) is 4.06. The molecular weight excluding hydrogens is 234 g/mol. The molecule has 0 aliphatic rings. The molecule has 9 heteroatoms. The third kappa shape index (κ3) is 1.75. The van der Waals surface area contributed by atoms with Crippen LogP contribution in [0.5, 0.6) is 0 Å². The molecule has 0 aliphatic carbocycles. The zero-order chi connectivity index (χ0) is 12.4. The Morgan fingerprint density at radius 1 is 1.28 bits per heavy atom. The number of hydrogen-bond acceptors (Lipinski definition) is 7. The van der Waals surface area contributed by atoms with Crippen molar-refractivity contribution in [1.29, 1.82) is 0 Å². The van der Waals surface area contributed by atoms with Gasteiger partial charge in [0.2, 0.25) is 0 Å². The lowest BCUT2D eigenvalue weighted by molar-refractivity contribution is 0.705. The average molecular weight is 245 g/mol. The molecule has 0 bridgehead atoms. The van der Waals surface area contributed by atoms with Gasteiger partial charge in [0.25, 0.3) is 0 Å². The van der Waals surface area contributed by atoms with Crippen LogP contribution in [-0.4, -0.2) is 39.8 Å². The molecule has 0 saturated heterocycles. The SMILES string of the molecule is CCn1cnnc1CNc1cncc2nnnn12. The summed E-state index contributed by atoms with van der Waals surface area (Å²) in [7, 11) is 0. The number of aryl methyl sites for hydroxylation is 1. The van der Waals surface area contributed by atoms with Crippen molar-refractivity contribution in [3.05, 3.63) is 24.5 Å². The van der Waals surface area contributed by atoms with E-state index in [0.29, 0.717) is 18.0 Å². The van der Waals surface area contributed by atoms with E-state index >= 15 is 0 Å². The second kappa shape index (κ2) is 4.35. The maximum absolute atomic E-state index is 4.06. The number of nitrogens with one attached hydrogen (secondary N) is 1. The van der Waals surface area contributed by atoms with Crippen LogP contribution in [0.25, 0.3) is 5.65 Å². The third-order valence-corrected chi connectivity index (χ3v) is 2.57. The number of tetrazole rings is 1. The monoisotopic (exact) mass is 245 g/mol. The zero-order valence-electron chi connectivity index (χ0n) is 9.72. The van der Waals surface area contributed by atoms with E-state index in [-0.39, 0.29) is 0 Å². The molecule has 18 heavy (non-hydrogen) atoms. The van der Waals surface area contributed by atoms with Gasteiger partial charge in [-0.1, -0.05) is 0 Å². The van der Waals surface area contributed by atoms with Crippen LogP contribution >= 0.6 is 0 Å². The molecule has 0 aliphatic heterocycles. The highest BCUT2D eigenvalue weighted by atomic mass is 15.5. The number of fused-ring (bicyclic) bond motifs is 1. The first-order valence-electron chi connectivity index (χ1n) is 5.51. The number of aromatic nitrogens is 8. The Kier molecular flexibility index (Phi) is 2.56. The van der Waals surface area contributed by atoms with Crippen molar-refractivity contribution in [3.63, 3.8) is 0 Å². The topological polar surface area (TPSA) is 98.7 Å². The summed E-state index contributed by atoms with van der Waals surface area (Å²) in [5, 5.41) is 22.4. The fourth-order valence-corrected chi connectivity index (χ4v) is 1.65. The van der Waals surface area contributed by atoms with Crippen molar-refractivity contribution in [3.8, 4) is 0 Å². The van der Waals surface area contributed by atoms with Crippen molar-refractivity contribution in [2.45, 2.75) is 20.0 Å². The minimum absolute atomic E-state index is 0.536. The number of anilines is 1. The highest BCUT2D eigenvalue weighted by Gasteiger charge is 2.06. The van der Waals surface area contributed by atoms with E-state index in [4.69, 9.17) is 0 Å². The Hall–Kier alpha value is -2.58. The van der Waals surface area contributed by atoms with Gasteiger partial charge in [-0.25, -0.2) is 0 Å². The van der Waals surface area contributed by atoms with Crippen LogP contribution in [0.4, 0.5) is 5.82 Å². The average Bonchev–Trinajstić information content (AvgIpc) is 3.04. The third-order valence-electron chi connectivity index (χ3n) is 2.57. The molecule has 0 spiro atoms. The fraction of sp³-hybridized carbons (Fsp3) is 0.333. The minimum Gasteiger partial charge on any atom is -0.361 e. The Morgan fingerprint density at radius 3 is 3.11 bits per heavy atom. The van der Waals surface area contributed by atoms with E-state index in [0.717, 1.165) is 12.4 Å². The molecule has 1 N–H and O–H groups in total. The van der Waals surface area contributed by atoms with Crippen LogP contribution in [0.1, 0.15) is 12.7 Å². The van der Waals surface area contributed by atoms with E-state index in [1.54, 1.807) is 23.2 Å². The molecule has 3 aromatic heterocycles. The normalized spacial score (nSPS) is 10.9. The van der Waals surface area contributed by atoms with Crippen LogP contribution < -0.4 is 5.32 Å². The van der Waals surface area contributed by atoms with Gasteiger partial charge < -0.3 is 9.88 Å². The summed E-state index contributed by atoms with van der Waals surface area (Å²) in [5.74, 6) is 1.56. The molecule has 3 aromatic rings. The van der Waals surface area contributed by atoms with Crippen molar-refractivity contribution in [2.24, 2.45) is 0 Å². The molecule has 0 fully saturated rings. The van der Waals surface area contributed by atoms with Gasteiger partial charge in [0, 0.05) is 6.54 Å². The smallest absolute Gasteiger partial charge is 0.199 e. The molecule has 0 aromatic carbocycles. The van der Waals surface area contributed by atoms with Gasteiger partial charge >= 0.3 is 0 Å². The van der Waals surface area contributed by atoms with Crippen molar-refractivity contribution in [1.82, 2.24) is 39.8 Å². The Bertz CT molecular complexity index is 655. The molecule has 0 radical (unpaired) electrons. The fourth-order valence-electron chi connectivity index (χ4n) is 1.65. The first kappa shape index (κ1) is 10.6. The van der Waals surface area contributed by atoms with E-state index < -0.39 is 0 Å². The highest BCUT2D eigenvalue weighted by Crippen LogP contribution is 2.07. The maximum atomic E-state index is 4.06. The minimum atomic E-state index is 0.536. The molecule has 3 heterocycles. The Morgan fingerprint density at radius 2 is 2.22 bits per heavy atom. The molecule has 9 nitrogen and oxygen atoms in total. The van der Waals surface area contributed by atoms with Crippen LogP contribution in [-0.2, 0) is 13.1 Å². The van der Waals surface area contributed by atoms with Gasteiger partial charge in [-0.15, -0.1) is 15.3 Å². The van der Waals surface area contributed by atoms with Gasteiger partial charge in [0.15, 0.2) is 17.3 Å². The first-order valence-corrected chi connectivity index (χ1v) is 5.51. The largest absolute Gasteiger partial charge is 0.361 e. The molecule has 0 amide bonds. The quantitative estimate of drug-likeness (QED) is 0.676. The molecule has 3 rings (SSSR count). The Labute approximate surface area is 102 Å². The van der Waals surface area contributed by atoms with Gasteiger partial charge in [-0.05, 0) is 17.4 Å². The van der Waals surface area contributed by atoms with Gasteiger partial charge in [-0.2, -0.15) is 4.52 Å². The lowest BCUT2D eigenvalue weighted by Gasteiger charge is -2.06. The Balaban J connectivity index is 1.83. The van der Waals surface area contributed by atoms with E-state index in [9.17, 15) is 0 Å². The molecule has 0 saturated carbocycles. The van der Waals surface area contributed by atoms with Crippen LogP contribution in [0.3, 0.4) is 0 Å². The van der Waals surface area contributed by atoms with Crippen LogP contribution in [0, 0.1) is 0 Å². The number of nitrogens with zero attached hydrogens (tertiary/aromatic N) is 8. The van der Waals surface area contributed by atoms with Crippen LogP contribution in [0.2, 0.25) is 0 Å². The summed E-state index contributed by atoms with van der Waals surface area (Å²) < 4.78 is 3.54. The second-order valence-electron chi connectivity index (χ2n) is 3.63.